The van der Waals surface area contributed by atoms with E-state index in [2.05, 4.69) is 12.2 Å². The number of unbranched alkanes of at least 4 members (excludes halogenated alkanes) is 2. The number of aliphatic hydroxyl groups excluding tert-OH is 1. The Hall–Kier alpha value is -0.610. The molecule has 0 aliphatic heterocycles. The summed E-state index contributed by atoms with van der Waals surface area (Å²) in [6.45, 7) is 6.69. The molecule has 0 fully saturated rings. The molecule has 0 bridgehead atoms. The van der Waals surface area contributed by atoms with E-state index in [1.165, 1.54) is 0 Å². The van der Waals surface area contributed by atoms with Gasteiger partial charge in [0.1, 0.15) is 0 Å². The third kappa shape index (κ3) is 11.9. The summed E-state index contributed by atoms with van der Waals surface area (Å²) in [5.74, 6) is 0.333. The lowest BCUT2D eigenvalue weighted by molar-refractivity contribution is -0.143. The number of aliphatic hydroxyl groups is 1. The first-order valence-electron chi connectivity index (χ1n) is 7.17. The Morgan fingerprint density at radius 3 is 2.61 bits per heavy atom. The van der Waals surface area contributed by atoms with Crippen molar-refractivity contribution < 1.29 is 14.6 Å². The van der Waals surface area contributed by atoms with Crippen LogP contribution in [0.1, 0.15) is 52.4 Å². The lowest BCUT2D eigenvalue weighted by Gasteiger charge is -2.08. The van der Waals surface area contributed by atoms with Gasteiger partial charge in [-0.2, -0.15) is 0 Å². The van der Waals surface area contributed by atoms with Crippen LogP contribution in [0.25, 0.3) is 0 Å². The van der Waals surface area contributed by atoms with Crippen LogP contribution in [-0.2, 0) is 9.53 Å². The molecule has 4 heteroatoms. The van der Waals surface area contributed by atoms with Gasteiger partial charge in [-0.05, 0) is 51.6 Å². The van der Waals surface area contributed by atoms with Gasteiger partial charge in [0.2, 0.25) is 0 Å². The van der Waals surface area contributed by atoms with Crippen molar-refractivity contribution in [2.75, 3.05) is 26.3 Å². The number of nitrogens with one attached hydrogen (secondary N) is 1. The number of ether oxygens (including phenoxy) is 1. The SMILES string of the molecule is CCOC(=O)CCCCCNCCCC(C)CO. The van der Waals surface area contributed by atoms with Crippen LogP contribution in [0.15, 0.2) is 0 Å². The quantitative estimate of drug-likeness (QED) is 0.416. The fraction of sp³-hybridized carbons (Fsp3) is 0.929. The number of rotatable bonds is 12. The molecule has 1 unspecified atom stereocenters. The summed E-state index contributed by atoms with van der Waals surface area (Å²) in [6.07, 6.45) is 5.83. The molecule has 0 radical (unpaired) electrons. The zero-order chi connectivity index (χ0) is 13.6. The Kier molecular flexibility index (Phi) is 12.4. The monoisotopic (exact) mass is 259 g/mol. The number of hydrogen-bond donors (Lipinski definition) is 2. The zero-order valence-corrected chi connectivity index (χ0v) is 11.9. The fourth-order valence-electron chi connectivity index (χ4n) is 1.72. The van der Waals surface area contributed by atoms with Crippen LogP contribution >= 0.6 is 0 Å². The van der Waals surface area contributed by atoms with Gasteiger partial charge >= 0.3 is 5.97 Å². The average Bonchev–Trinajstić information content (AvgIpc) is 2.36. The van der Waals surface area contributed by atoms with Crippen LogP contribution in [0.4, 0.5) is 0 Å². The molecular formula is C14H29NO3. The minimum absolute atomic E-state index is 0.0801. The minimum Gasteiger partial charge on any atom is -0.466 e. The molecule has 18 heavy (non-hydrogen) atoms. The van der Waals surface area contributed by atoms with E-state index < -0.39 is 0 Å². The number of carbonyl (C=O) groups excluding carboxylic acids is 1. The van der Waals surface area contributed by atoms with E-state index >= 15 is 0 Å². The minimum atomic E-state index is -0.0801. The van der Waals surface area contributed by atoms with Crippen LogP contribution in [0.2, 0.25) is 0 Å². The van der Waals surface area contributed by atoms with Crippen LogP contribution < -0.4 is 5.32 Å². The molecule has 0 aliphatic carbocycles. The van der Waals surface area contributed by atoms with E-state index in [9.17, 15) is 4.79 Å². The second kappa shape index (κ2) is 12.8. The van der Waals surface area contributed by atoms with Crippen LogP contribution in [-0.4, -0.2) is 37.4 Å². The highest BCUT2D eigenvalue weighted by molar-refractivity contribution is 5.69. The molecule has 0 heterocycles. The van der Waals surface area contributed by atoms with E-state index in [-0.39, 0.29) is 12.6 Å². The van der Waals surface area contributed by atoms with Crippen molar-refractivity contribution in [1.82, 2.24) is 5.32 Å². The Balaban J connectivity index is 3.10. The van der Waals surface area contributed by atoms with Crippen molar-refractivity contribution in [1.29, 1.82) is 0 Å². The molecule has 2 N–H and O–H groups in total. The molecule has 0 aromatic rings. The normalized spacial score (nSPS) is 12.4. The number of hydrogen-bond acceptors (Lipinski definition) is 4. The van der Waals surface area contributed by atoms with Crippen LogP contribution in [0, 0.1) is 5.92 Å². The predicted octanol–water partition coefficient (Wildman–Crippen LogP) is 2.11. The molecule has 0 aliphatic rings. The van der Waals surface area contributed by atoms with Gasteiger partial charge in [-0.3, -0.25) is 4.79 Å². The highest BCUT2D eigenvalue weighted by Crippen LogP contribution is 2.03. The first-order chi connectivity index (χ1) is 8.70. The Bertz CT molecular complexity index is 197. The molecular weight excluding hydrogens is 230 g/mol. The van der Waals surface area contributed by atoms with Gasteiger partial charge in [0.15, 0.2) is 0 Å². The standard InChI is InChI=1S/C14H29NO3/c1-3-18-14(17)9-5-4-6-10-15-11-7-8-13(2)12-16/h13,15-16H,3-12H2,1-2H3. The van der Waals surface area contributed by atoms with Gasteiger partial charge in [0, 0.05) is 13.0 Å². The van der Waals surface area contributed by atoms with Crippen molar-refractivity contribution in [3.8, 4) is 0 Å². The number of carbonyl (C=O) groups is 1. The summed E-state index contributed by atoms with van der Waals surface area (Å²) >= 11 is 0. The van der Waals surface area contributed by atoms with Crippen molar-refractivity contribution in [3.63, 3.8) is 0 Å². The highest BCUT2D eigenvalue weighted by atomic mass is 16.5. The summed E-state index contributed by atoms with van der Waals surface area (Å²) in [5.41, 5.74) is 0. The second-order valence-corrected chi connectivity index (χ2v) is 4.80. The summed E-state index contributed by atoms with van der Waals surface area (Å²) in [7, 11) is 0. The van der Waals surface area contributed by atoms with Gasteiger partial charge in [0.05, 0.1) is 6.61 Å². The fourth-order valence-corrected chi connectivity index (χ4v) is 1.72. The third-order valence-electron chi connectivity index (χ3n) is 2.90. The molecule has 0 spiro atoms. The summed E-state index contributed by atoms with van der Waals surface area (Å²) in [4.78, 5) is 11.1. The average molecular weight is 259 g/mol. The van der Waals surface area contributed by atoms with Gasteiger partial charge in [-0.25, -0.2) is 0 Å². The predicted molar refractivity (Wildman–Crippen MR) is 73.5 cm³/mol. The first kappa shape index (κ1) is 17.4. The maximum Gasteiger partial charge on any atom is 0.305 e. The summed E-state index contributed by atoms with van der Waals surface area (Å²) in [6, 6.07) is 0. The second-order valence-electron chi connectivity index (χ2n) is 4.80. The Morgan fingerprint density at radius 2 is 1.94 bits per heavy atom. The lowest BCUT2D eigenvalue weighted by Crippen LogP contribution is -2.17. The molecule has 4 nitrogen and oxygen atoms in total. The molecule has 0 saturated heterocycles. The summed E-state index contributed by atoms with van der Waals surface area (Å²) in [5, 5.41) is 12.2. The van der Waals surface area contributed by atoms with Crippen molar-refractivity contribution in [2.24, 2.45) is 5.92 Å². The van der Waals surface area contributed by atoms with E-state index in [1.54, 1.807) is 0 Å². The van der Waals surface area contributed by atoms with E-state index in [0.29, 0.717) is 18.9 Å². The molecule has 108 valence electrons. The van der Waals surface area contributed by atoms with Crippen molar-refractivity contribution in [3.05, 3.63) is 0 Å². The van der Waals surface area contributed by atoms with Crippen LogP contribution in [0.5, 0.6) is 0 Å². The zero-order valence-electron chi connectivity index (χ0n) is 11.9. The topological polar surface area (TPSA) is 58.6 Å². The third-order valence-corrected chi connectivity index (χ3v) is 2.90. The Labute approximate surface area is 111 Å². The van der Waals surface area contributed by atoms with Gasteiger partial charge in [-0.1, -0.05) is 13.3 Å². The first-order valence-corrected chi connectivity index (χ1v) is 7.17. The lowest BCUT2D eigenvalue weighted by atomic mass is 10.1. The molecule has 0 aromatic heterocycles. The molecule has 1 atom stereocenters. The van der Waals surface area contributed by atoms with Crippen molar-refractivity contribution >= 4 is 5.97 Å². The molecule has 0 saturated carbocycles. The van der Waals surface area contributed by atoms with Crippen molar-refractivity contribution in [2.45, 2.75) is 52.4 Å². The largest absolute Gasteiger partial charge is 0.466 e. The van der Waals surface area contributed by atoms with E-state index in [0.717, 1.165) is 45.2 Å². The number of esters is 1. The summed E-state index contributed by atoms with van der Waals surface area (Å²) < 4.78 is 4.86. The van der Waals surface area contributed by atoms with E-state index in [1.807, 2.05) is 6.92 Å². The van der Waals surface area contributed by atoms with Gasteiger partial charge in [-0.15, -0.1) is 0 Å². The molecule has 0 amide bonds. The molecule has 0 aromatic carbocycles. The maximum absolute atomic E-state index is 11.1. The van der Waals surface area contributed by atoms with E-state index in [4.69, 9.17) is 9.84 Å². The van der Waals surface area contributed by atoms with Crippen LogP contribution in [0.3, 0.4) is 0 Å². The maximum atomic E-state index is 11.1. The van der Waals surface area contributed by atoms with Gasteiger partial charge in [0.25, 0.3) is 0 Å². The highest BCUT2D eigenvalue weighted by Gasteiger charge is 2.01. The van der Waals surface area contributed by atoms with Gasteiger partial charge < -0.3 is 15.2 Å². The Morgan fingerprint density at radius 1 is 1.22 bits per heavy atom. The molecule has 0 rings (SSSR count). The smallest absolute Gasteiger partial charge is 0.305 e.